The molecule has 4 aliphatic rings. The van der Waals surface area contributed by atoms with Crippen molar-refractivity contribution in [1.29, 1.82) is 5.26 Å². The van der Waals surface area contributed by atoms with Gasteiger partial charge >= 0.3 is 6.03 Å². The topological polar surface area (TPSA) is 120 Å². The lowest BCUT2D eigenvalue weighted by Gasteiger charge is -2.62. The maximum absolute atomic E-state index is 13.6. The highest BCUT2D eigenvalue weighted by atomic mass is 16.5. The average Bonchev–Trinajstić information content (AvgIpc) is 3.04. The van der Waals surface area contributed by atoms with Crippen LogP contribution >= 0.6 is 0 Å². The van der Waals surface area contributed by atoms with E-state index in [-0.39, 0.29) is 17.3 Å². The fourth-order valence-corrected chi connectivity index (χ4v) is 5.61. The number of likely N-dealkylation sites (tertiary alicyclic amines) is 2. The molecule has 3 amide bonds. The summed E-state index contributed by atoms with van der Waals surface area (Å²) in [7, 11) is 0. The van der Waals surface area contributed by atoms with Crippen LogP contribution in [0, 0.1) is 16.7 Å². The fourth-order valence-electron chi connectivity index (χ4n) is 5.61. The lowest BCUT2D eigenvalue weighted by molar-refractivity contribution is -0.165. The van der Waals surface area contributed by atoms with Crippen molar-refractivity contribution in [1.82, 2.24) is 20.1 Å². The van der Waals surface area contributed by atoms with Gasteiger partial charge in [-0.25, -0.2) is 9.78 Å². The highest BCUT2D eigenvalue weighted by Crippen LogP contribution is 2.46. The Bertz CT molecular complexity index is 1240. The zero-order valence-corrected chi connectivity index (χ0v) is 19.4. The number of rotatable bonds is 5. The summed E-state index contributed by atoms with van der Waals surface area (Å²) in [4.78, 5) is 35.6. The van der Waals surface area contributed by atoms with Crippen molar-refractivity contribution in [2.75, 3.05) is 51.3 Å². The van der Waals surface area contributed by atoms with E-state index in [1.807, 2.05) is 6.92 Å². The molecule has 10 nitrogen and oxygen atoms in total. The van der Waals surface area contributed by atoms with Gasteiger partial charge in [-0.15, -0.1) is 0 Å². The molecule has 0 radical (unpaired) electrons. The number of nitrogens with one attached hydrogen (secondary N) is 2. The van der Waals surface area contributed by atoms with E-state index >= 15 is 0 Å². The van der Waals surface area contributed by atoms with E-state index < -0.39 is 11.4 Å². The second-order valence-corrected chi connectivity index (χ2v) is 9.75. The predicted octanol–water partition coefficient (Wildman–Crippen LogP) is 1.27. The summed E-state index contributed by atoms with van der Waals surface area (Å²) in [5.41, 5.74) is 0.399. The first-order valence-electron chi connectivity index (χ1n) is 11.8. The number of fused-ring (bicyclic) bond motifs is 1. The number of urea groups is 1. The Morgan fingerprint density at radius 3 is 2.77 bits per heavy atom. The number of aromatic nitrogens is 1. The second-order valence-electron chi connectivity index (χ2n) is 9.75. The van der Waals surface area contributed by atoms with Gasteiger partial charge in [-0.3, -0.25) is 9.69 Å². The zero-order chi connectivity index (χ0) is 24.2. The van der Waals surface area contributed by atoms with Gasteiger partial charge in [0, 0.05) is 49.0 Å². The molecule has 4 aliphatic heterocycles. The molecule has 0 aliphatic carbocycles. The maximum atomic E-state index is 13.6. The largest absolute Gasteiger partial charge is 0.478 e. The smallest absolute Gasteiger partial charge is 0.318 e. The minimum atomic E-state index is -1.57. The first-order valence-corrected chi connectivity index (χ1v) is 11.8. The molecule has 6 rings (SSSR count). The summed E-state index contributed by atoms with van der Waals surface area (Å²) in [6.07, 6.45) is 1.58. The van der Waals surface area contributed by atoms with Gasteiger partial charge in [0.1, 0.15) is 0 Å². The third-order valence-electron chi connectivity index (χ3n) is 7.45. The van der Waals surface area contributed by atoms with Crippen LogP contribution in [0.4, 0.5) is 10.5 Å². The Kier molecular flexibility index (Phi) is 4.95. The number of hydrogen-bond acceptors (Lipinski definition) is 7. The summed E-state index contributed by atoms with van der Waals surface area (Å²) in [5.74, 6) is -0.155. The maximum Gasteiger partial charge on any atom is 0.318 e. The number of nitrogens with zero attached hydrogens (tertiary/aromatic N) is 4. The molecular weight excluding hydrogens is 448 g/mol. The van der Waals surface area contributed by atoms with Gasteiger partial charge in [0.25, 0.3) is 5.91 Å². The SMILES string of the molecule is CCOc1ncccc1C1(NC(=O)N2CC3(C2)CN(C2COC2)C3)C(=O)Nc2ccc(C#N)cc21. The fraction of sp³-hybridized carbons (Fsp3) is 0.440. The van der Waals surface area contributed by atoms with Gasteiger partial charge in [-0.2, -0.15) is 5.26 Å². The average molecular weight is 475 g/mol. The van der Waals surface area contributed by atoms with Crippen molar-refractivity contribution in [3.05, 3.63) is 53.2 Å². The molecule has 2 N–H and O–H groups in total. The Hall–Kier alpha value is -3.68. The number of amides is 3. The zero-order valence-electron chi connectivity index (χ0n) is 19.4. The molecule has 1 spiro atoms. The van der Waals surface area contributed by atoms with Crippen LogP contribution in [0.1, 0.15) is 23.6 Å². The van der Waals surface area contributed by atoms with Crippen molar-refractivity contribution in [3.63, 3.8) is 0 Å². The summed E-state index contributed by atoms with van der Waals surface area (Å²) in [5, 5.41) is 15.4. The van der Waals surface area contributed by atoms with Crippen molar-refractivity contribution in [2.45, 2.75) is 18.5 Å². The summed E-state index contributed by atoms with van der Waals surface area (Å²) in [6, 6.07) is 10.7. The molecule has 1 aromatic carbocycles. The van der Waals surface area contributed by atoms with Crippen molar-refractivity contribution in [3.8, 4) is 11.9 Å². The van der Waals surface area contributed by atoms with E-state index in [2.05, 4.69) is 26.6 Å². The molecule has 35 heavy (non-hydrogen) atoms. The first-order chi connectivity index (χ1) is 17.0. The van der Waals surface area contributed by atoms with Crippen LogP contribution in [0.5, 0.6) is 5.88 Å². The van der Waals surface area contributed by atoms with Crippen LogP contribution < -0.4 is 15.4 Å². The molecular formula is C25H26N6O4. The summed E-state index contributed by atoms with van der Waals surface area (Å²) < 4.78 is 11.0. The minimum Gasteiger partial charge on any atom is -0.478 e. The number of nitriles is 1. The van der Waals surface area contributed by atoms with Gasteiger partial charge in [-0.05, 0) is 37.3 Å². The van der Waals surface area contributed by atoms with Crippen LogP contribution in [0.25, 0.3) is 0 Å². The van der Waals surface area contributed by atoms with Gasteiger partial charge < -0.3 is 25.0 Å². The number of carbonyl (C=O) groups excluding carboxylic acids is 2. The highest BCUT2D eigenvalue weighted by Gasteiger charge is 2.57. The Balaban J connectivity index is 1.31. The number of benzene rings is 1. The quantitative estimate of drug-likeness (QED) is 0.670. The summed E-state index contributed by atoms with van der Waals surface area (Å²) >= 11 is 0. The van der Waals surface area contributed by atoms with E-state index in [1.165, 1.54) is 0 Å². The Labute approximate surface area is 202 Å². The van der Waals surface area contributed by atoms with E-state index in [1.54, 1.807) is 41.4 Å². The number of pyridine rings is 1. The molecule has 0 bridgehead atoms. The van der Waals surface area contributed by atoms with Crippen LogP contribution in [-0.4, -0.2) is 78.8 Å². The lowest BCUT2D eigenvalue weighted by Crippen LogP contribution is -2.77. The number of carbonyl (C=O) groups is 2. The number of hydrogen-bond donors (Lipinski definition) is 2. The minimum absolute atomic E-state index is 0.120. The summed E-state index contributed by atoms with van der Waals surface area (Å²) in [6.45, 7) is 6.94. The van der Waals surface area contributed by atoms with Crippen molar-refractivity contribution >= 4 is 17.6 Å². The van der Waals surface area contributed by atoms with E-state index in [0.717, 1.165) is 26.3 Å². The van der Waals surface area contributed by atoms with Crippen LogP contribution in [-0.2, 0) is 15.1 Å². The molecule has 3 fully saturated rings. The van der Waals surface area contributed by atoms with Crippen molar-refractivity contribution < 1.29 is 19.1 Å². The van der Waals surface area contributed by atoms with E-state index in [4.69, 9.17) is 9.47 Å². The Morgan fingerprint density at radius 2 is 2.09 bits per heavy atom. The molecule has 3 saturated heterocycles. The van der Waals surface area contributed by atoms with Gasteiger partial charge in [0.2, 0.25) is 5.88 Å². The normalized spacial score (nSPS) is 24.5. The molecule has 0 saturated carbocycles. The predicted molar refractivity (Wildman–Crippen MR) is 125 cm³/mol. The number of ether oxygens (including phenoxy) is 2. The number of anilines is 1. The molecule has 2 aromatic rings. The van der Waals surface area contributed by atoms with Crippen LogP contribution in [0.3, 0.4) is 0 Å². The van der Waals surface area contributed by atoms with Crippen molar-refractivity contribution in [2.24, 2.45) is 5.41 Å². The molecule has 1 atom stereocenters. The third-order valence-corrected chi connectivity index (χ3v) is 7.45. The lowest BCUT2D eigenvalue weighted by atomic mass is 9.72. The van der Waals surface area contributed by atoms with Crippen LogP contribution in [0.2, 0.25) is 0 Å². The van der Waals surface area contributed by atoms with Gasteiger partial charge in [0.15, 0.2) is 5.54 Å². The molecule has 10 heteroatoms. The third kappa shape index (κ3) is 3.26. The molecule has 1 aromatic heterocycles. The first kappa shape index (κ1) is 21.8. The highest BCUT2D eigenvalue weighted by molar-refractivity contribution is 6.10. The van der Waals surface area contributed by atoms with Crippen LogP contribution in [0.15, 0.2) is 36.5 Å². The molecule has 1 unspecified atom stereocenters. The van der Waals surface area contributed by atoms with Gasteiger partial charge in [0.05, 0.1) is 43.1 Å². The van der Waals surface area contributed by atoms with E-state index in [9.17, 15) is 14.9 Å². The monoisotopic (exact) mass is 474 g/mol. The standard InChI is InChI=1S/C25H26N6O4/c1-2-35-21-18(4-3-7-27-21)25(19-8-16(9-26)5-6-20(19)28-22(25)32)29-23(33)31-14-24(15-31)12-30(13-24)17-10-34-11-17/h3-8,17H,2,10-15H2,1H3,(H,28,32)(H,29,33). The van der Waals surface area contributed by atoms with Gasteiger partial charge in [-0.1, -0.05) is 0 Å². The Morgan fingerprint density at radius 1 is 1.29 bits per heavy atom. The van der Waals surface area contributed by atoms with E-state index in [0.29, 0.717) is 48.1 Å². The second kappa shape index (κ2) is 7.93. The molecule has 5 heterocycles. The molecule has 180 valence electrons.